The highest BCUT2D eigenvalue weighted by Crippen LogP contribution is 2.32. The number of aliphatic hydroxyl groups is 1. The number of amides is 1. The number of nitrogens with one attached hydrogen (secondary N) is 1. The Balaban J connectivity index is 1.48. The summed E-state index contributed by atoms with van der Waals surface area (Å²) in [6.07, 6.45) is 1.58. The molecule has 186 valence electrons. The zero-order chi connectivity index (χ0) is 24.9. The molecule has 0 atom stereocenters. The maximum atomic E-state index is 13.3. The first kappa shape index (κ1) is 25.3. The van der Waals surface area contributed by atoms with E-state index < -0.39 is 0 Å². The average Bonchev–Trinajstić information content (AvgIpc) is 3.30. The number of anilines is 4. The van der Waals surface area contributed by atoms with Gasteiger partial charge in [-0.15, -0.1) is 0 Å². The summed E-state index contributed by atoms with van der Waals surface area (Å²) in [7, 11) is 0. The van der Waals surface area contributed by atoms with Crippen molar-refractivity contribution < 1.29 is 9.90 Å². The van der Waals surface area contributed by atoms with Gasteiger partial charge < -0.3 is 20.2 Å². The number of nitrogens with zero attached hydrogens (tertiary/aromatic N) is 6. The van der Waals surface area contributed by atoms with E-state index in [0.717, 1.165) is 43.2 Å². The van der Waals surface area contributed by atoms with Crippen LogP contribution in [0.4, 0.5) is 22.5 Å². The number of hydrogen-bond acceptors (Lipinski definition) is 9. The van der Waals surface area contributed by atoms with E-state index in [9.17, 15) is 4.79 Å². The standard InChI is InChI=1S/C24H30ClN7O2S/c1-4-32(22-16(2)6-5-7-18(22)25)23(34)19-15-26-24(35-19)29-20-14-21(28-17(3)27-20)31-10-8-30(9-11-31)12-13-33/h5-7,14-15,33H,4,8-13H2,1-3H3,(H,26,27,28,29). The first-order valence-electron chi connectivity index (χ1n) is 11.6. The smallest absolute Gasteiger partial charge is 0.270 e. The van der Waals surface area contributed by atoms with E-state index in [0.29, 0.717) is 39.8 Å². The summed E-state index contributed by atoms with van der Waals surface area (Å²) in [4.78, 5) is 33.5. The predicted octanol–water partition coefficient (Wildman–Crippen LogP) is 3.73. The van der Waals surface area contributed by atoms with Crippen LogP contribution in [0.15, 0.2) is 30.5 Å². The molecule has 1 aliphatic heterocycles. The normalized spacial score (nSPS) is 14.3. The maximum absolute atomic E-state index is 13.3. The number of halogens is 1. The molecule has 0 aliphatic carbocycles. The third-order valence-corrected chi connectivity index (χ3v) is 7.11. The van der Waals surface area contributed by atoms with Gasteiger partial charge in [-0.3, -0.25) is 9.69 Å². The Morgan fingerprint density at radius 3 is 2.69 bits per heavy atom. The van der Waals surface area contributed by atoms with E-state index in [2.05, 4.69) is 30.1 Å². The lowest BCUT2D eigenvalue weighted by atomic mass is 10.1. The molecular weight excluding hydrogens is 486 g/mol. The van der Waals surface area contributed by atoms with Gasteiger partial charge in [0.25, 0.3) is 5.91 Å². The van der Waals surface area contributed by atoms with Gasteiger partial charge >= 0.3 is 0 Å². The van der Waals surface area contributed by atoms with E-state index in [4.69, 9.17) is 16.7 Å². The second-order valence-corrected chi connectivity index (χ2v) is 9.76. The lowest BCUT2D eigenvalue weighted by Crippen LogP contribution is -2.47. The molecule has 3 aromatic rings. The molecule has 35 heavy (non-hydrogen) atoms. The summed E-state index contributed by atoms with van der Waals surface area (Å²) in [6.45, 7) is 10.5. The van der Waals surface area contributed by atoms with Crippen molar-refractivity contribution in [2.75, 3.05) is 61.0 Å². The third-order valence-electron chi connectivity index (χ3n) is 5.91. The van der Waals surface area contributed by atoms with Crippen LogP contribution in [0, 0.1) is 13.8 Å². The SMILES string of the molecule is CCN(C(=O)c1cnc(Nc2cc(N3CCN(CCO)CC3)nc(C)n2)s1)c1c(C)cccc1Cl. The number of aliphatic hydroxyl groups excluding tert-OH is 1. The third kappa shape index (κ3) is 5.90. The largest absolute Gasteiger partial charge is 0.395 e. The fraction of sp³-hybridized carbons (Fsp3) is 0.417. The Morgan fingerprint density at radius 1 is 1.23 bits per heavy atom. The van der Waals surface area contributed by atoms with E-state index in [1.165, 1.54) is 11.3 Å². The molecule has 0 radical (unpaired) electrons. The number of aryl methyl sites for hydroxylation is 2. The molecule has 2 aromatic heterocycles. The molecular formula is C24H30ClN7O2S. The minimum atomic E-state index is -0.144. The van der Waals surface area contributed by atoms with Crippen molar-refractivity contribution in [3.63, 3.8) is 0 Å². The number of para-hydroxylation sites is 1. The maximum Gasteiger partial charge on any atom is 0.270 e. The van der Waals surface area contributed by atoms with E-state index in [1.807, 2.05) is 39.0 Å². The summed E-state index contributed by atoms with van der Waals surface area (Å²) >= 11 is 7.69. The van der Waals surface area contributed by atoms with Crippen molar-refractivity contribution in [2.24, 2.45) is 0 Å². The van der Waals surface area contributed by atoms with Gasteiger partial charge in [0.15, 0.2) is 5.13 Å². The number of carbonyl (C=O) groups is 1. The van der Waals surface area contributed by atoms with Crippen LogP contribution >= 0.6 is 22.9 Å². The Bertz CT molecular complexity index is 1160. The number of benzene rings is 1. The first-order valence-corrected chi connectivity index (χ1v) is 12.8. The molecule has 1 fully saturated rings. The van der Waals surface area contributed by atoms with E-state index >= 15 is 0 Å². The second kappa shape index (κ2) is 11.3. The van der Waals surface area contributed by atoms with Crippen LogP contribution in [0.3, 0.4) is 0 Å². The van der Waals surface area contributed by atoms with E-state index in [1.54, 1.807) is 17.2 Å². The van der Waals surface area contributed by atoms with Crippen LogP contribution in [-0.4, -0.2) is 76.7 Å². The van der Waals surface area contributed by atoms with Crippen molar-refractivity contribution in [1.29, 1.82) is 0 Å². The summed E-state index contributed by atoms with van der Waals surface area (Å²) in [5.41, 5.74) is 1.66. The van der Waals surface area contributed by atoms with E-state index in [-0.39, 0.29) is 12.5 Å². The molecule has 9 nitrogen and oxygen atoms in total. The number of rotatable bonds is 8. The highest BCUT2D eigenvalue weighted by atomic mass is 35.5. The van der Waals surface area contributed by atoms with Crippen molar-refractivity contribution in [3.8, 4) is 0 Å². The van der Waals surface area contributed by atoms with Crippen LogP contribution in [0.2, 0.25) is 5.02 Å². The Labute approximate surface area is 214 Å². The molecule has 1 amide bonds. The number of thiazole rings is 1. The van der Waals surface area contributed by atoms with Crippen molar-refractivity contribution in [1.82, 2.24) is 19.9 Å². The van der Waals surface area contributed by atoms with Gasteiger partial charge in [-0.2, -0.15) is 0 Å². The van der Waals surface area contributed by atoms with Crippen molar-refractivity contribution >= 4 is 51.3 Å². The zero-order valence-corrected chi connectivity index (χ0v) is 21.7. The van der Waals surface area contributed by atoms with Gasteiger partial charge in [-0.1, -0.05) is 35.1 Å². The highest BCUT2D eigenvalue weighted by molar-refractivity contribution is 7.17. The topological polar surface area (TPSA) is 97.7 Å². The fourth-order valence-corrected chi connectivity index (χ4v) is 5.26. The van der Waals surface area contributed by atoms with Gasteiger partial charge in [0.05, 0.1) is 23.5 Å². The van der Waals surface area contributed by atoms with Gasteiger partial charge in [0.2, 0.25) is 0 Å². The summed E-state index contributed by atoms with van der Waals surface area (Å²) in [5.74, 6) is 1.99. The fourth-order valence-electron chi connectivity index (χ4n) is 4.16. The van der Waals surface area contributed by atoms with Crippen molar-refractivity contribution in [2.45, 2.75) is 20.8 Å². The van der Waals surface area contributed by atoms with Crippen LogP contribution in [0.5, 0.6) is 0 Å². The first-order chi connectivity index (χ1) is 16.9. The minimum Gasteiger partial charge on any atom is -0.395 e. The van der Waals surface area contributed by atoms with Crippen molar-refractivity contribution in [3.05, 3.63) is 51.7 Å². The molecule has 3 heterocycles. The molecule has 11 heteroatoms. The molecule has 1 aromatic carbocycles. The molecule has 1 saturated heterocycles. The number of aromatic nitrogens is 3. The number of hydrogen-bond donors (Lipinski definition) is 2. The molecule has 4 rings (SSSR count). The second-order valence-electron chi connectivity index (χ2n) is 8.32. The highest BCUT2D eigenvalue weighted by Gasteiger charge is 2.23. The van der Waals surface area contributed by atoms with Gasteiger partial charge in [0, 0.05) is 45.3 Å². The average molecular weight is 516 g/mol. The lowest BCUT2D eigenvalue weighted by molar-refractivity contribution is 0.0992. The van der Waals surface area contributed by atoms with Crippen LogP contribution < -0.4 is 15.1 Å². The Hall–Kier alpha value is -2.79. The zero-order valence-electron chi connectivity index (χ0n) is 20.2. The number of carbonyl (C=O) groups excluding carboxylic acids is 1. The Morgan fingerprint density at radius 2 is 2.00 bits per heavy atom. The molecule has 0 saturated carbocycles. The summed E-state index contributed by atoms with van der Waals surface area (Å²) in [5, 5.41) is 13.5. The van der Waals surface area contributed by atoms with Gasteiger partial charge in [0.1, 0.15) is 22.3 Å². The predicted molar refractivity (Wildman–Crippen MR) is 141 cm³/mol. The summed E-state index contributed by atoms with van der Waals surface area (Å²) < 4.78 is 0. The monoisotopic (exact) mass is 515 g/mol. The number of piperazine rings is 1. The molecule has 0 spiro atoms. The quantitative estimate of drug-likeness (QED) is 0.468. The van der Waals surface area contributed by atoms with Crippen LogP contribution in [-0.2, 0) is 0 Å². The lowest BCUT2D eigenvalue weighted by Gasteiger charge is -2.35. The molecule has 0 bridgehead atoms. The minimum absolute atomic E-state index is 0.144. The van der Waals surface area contributed by atoms with Gasteiger partial charge in [-0.25, -0.2) is 15.0 Å². The van der Waals surface area contributed by atoms with Crippen LogP contribution in [0.1, 0.15) is 28.0 Å². The number of β-amino-alcohol motifs (C(OH)–C–C–N with tert-alkyl or cyclic N) is 1. The molecule has 0 unspecified atom stereocenters. The Kier molecular flexibility index (Phi) is 8.17. The molecule has 2 N–H and O–H groups in total. The van der Waals surface area contributed by atoms with Gasteiger partial charge in [-0.05, 0) is 32.4 Å². The van der Waals surface area contributed by atoms with Crippen LogP contribution in [0.25, 0.3) is 0 Å². The summed E-state index contributed by atoms with van der Waals surface area (Å²) in [6, 6.07) is 7.52. The molecule has 1 aliphatic rings.